The third-order valence-corrected chi connectivity index (χ3v) is 4.77. The summed E-state index contributed by atoms with van der Waals surface area (Å²) in [4.78, 5) is 14.4. The molecule has 0 saturated heterocycles. The molecule has 1 amide bonds. The molecule has 108 valence electrons. The van der Waals surface area contributed by atoms with Crippen LogP contribution in [-0.2, 0) is 17.8 Å². The molecule has 1 heterocycles. The van der Waals surface area contributed by atoms with Gasteiger partial charge in [-0.25, -0.2) is 0 Å². The van der Waals surface area contributed by atoms with Crippen molar-refractivity contribution in [2.75, 3.05) is 19.6 Å². The van der Waals surface area contributed by atoms with E-state index in [1.54, 1.807) is 0 Å². The lowest BCUT2D eigenvalue weighted by Crippen LogP contribution is -2.38. The molecule has 1 aromatic carbocycles. The van der Waals surface area contributed by atoms with Gasteiger partial charge in [-0.3, -0.25) is 9.69 Å². The first kappa shape index (κ1) is 13.6. The number of hydrogen-bond acceptors (Lipinski definition) is 2. The van der Waals surface area contributed by atoms with E-state index in [9.17, 15) is 4.79 Å². The van der Waals surface area contributed by atoms with Gasteiger partial charge in [-0.2, -0.15) is 0 Å². The molecule has 1 N–H and O–H groups in total. The van der Waals surface area contributed by atoms with Crippen molar-refractivity contribution in [3.63, 3.8) is 0 Å². The van der Waals surface area contributed by atoms with Crippen LogP contribution in [0.2, 0.25) is 0 Å². The Bertz CT molecular complexity index is 509. The van der Waals surface area contributed by atoms with Gasteiger partial charge in [0.15, 0.2) is 0 Å². The molecule has 1 aliphatic heterocycles. The number of carbonyl (C=O) groups excluding carboxylic acids is 1. The lowest BCUT2D eigenvalue weighted by atomic mass is 10.00. The van der Waals surface area contributed by atoms with E-state index < -0.39 is 0 Å². The largest absolute Gasteiger partial charge is 0.355 e. The molecule has 1 saturated carbocycles. The molecule has 1 aliphatic carbocycles. The van der Waals surface area contributed by atoms with E-state index >= 15 is 0 Å². The molecule has 0 spiro atoms. The minimum atomic E-state index is 0.230. The maximum absolute atomic E-state index is 11.9. The van der Waals surface area contributed by atoms with E-state index in [1.807, 2.05) is 0 Å². The molecule has 3 rings (SSSR count). The zero-order valence-corrected chi connectivity index (χ0v) is 12.5. The van der Waals surface area contributed by atoms with Crippen LogP contribution >= 0.6 is 0 Å². The summed E-state index contributed by atoms with van der Waals surface area (Å²) in [5.41, 5.74) is 3.15. The summed E-state index contributed by atoms with van der Waals surface area (Å²) < 4.78 is 0. The average Bonchev–Trinajstić information content (AvgIpc) is 3.08. The first-order chi connectivity index (χ1) is 9.56. The highest BCUT2D eigenvalue weighted by molar-refractivity contribution is 5.82. The van der Waals surface area contributed by atoms with Crippen LogP contribution in [0.15, 0.2) is 24.3 Å². The second kappa shape index (κ2) is 5.21. The molecule has 0 bridgehead atoms. The van der Waals surface area contributed by atoms with Crippen molar-refractivity contribution in [1.29, 1.82) is 0 Å². The van der Waals surface area contributed by atoms with Gasteiger partial charge < -0.3 is 5.32 Å². The first-order valence-corrected chi connectivity index (χ1v) is 7.63. The van der Waals surface area contributed by atoms with Crippen LogP contribution in [0.5, 0.6) is 0 Å². The summed E-state index contributed by atoms with van der Waals surface area (Å²) >= 11 is 0. The fraction of sp³-hybridized carbons (Fsp3) is 0.588. The molecule has 1 aromatic rings. The maximum Gasteiger partial charge on any atom is 0.223 e. The highest BCUT2D eigenvalue weighted by atomic mass is 16.2. The van der Waals surface area contributed by atoms with Crippen molar-refractivity contribution in [1.82, 2.24) is 10.2 Å². The second-order valence-corrected chi connectivity index (χ2v) is 6.83. The minimum absolute atomic E-state index is 0.230. The van der Waals surface area contributed by atoms with Gasteiger partial charge in [0.2, 0.25) is 5.91 Å². The van der Waals surface area contributed by atoms with Crippen LogP contribution in [0, 0.1) is 11.3 Å². The number of carbonyl (C=O) groups is 1. The maximum atomic E-state index is 11.9. The van der Waals surface area contributed by atoms with Gasteiger partial charge in [0.1, 0.15) is 0 Å². The molecule has 0 aromatic heterocycles. The molecule has 3 nitrogen and oxygen atoms in total. The Hall–Kier alpha value is -1.35. The molecule has 1 atom stereocenters. The summed E-state index contributed by atoms with van der Waals surface area (Å²) in [7, 11) is 0. The van der Waals surface area contributed by atoms with Crippen molar-refractivity contribution >= 4 is 5.91 Å². The fourth-order valence-corrected chi connectivity index (χ4v) is 3.12. The summed E-state index contributed by atoms with van der Waals surface area (Å²) in [6, 6.07) is 8.67. The van der Waals surface area contributed by atoms with Crippen LogP contribution in [-0.4, -0.2) is 30.4 Å². The van der Waals surface area contributed by atoms with Crippen LogP contribution < -0.4 is 5.32 Å². The van der Waals surface area contributed by atoms with E-state index in [-0.39, 0.29) is 17.2 Å². The highest BCUT2D eigenvalue weighted by Gasteiger charge is 2.50. The van der Waals surface area contributed by atoms with E-state index in [1.165, 1.54) is 11.1 Å². The number of rotatable bonds is 4. The Morgan fingerprint density at radius 3 is 2.75 bits per heavy atom. The van der Waals surface area contributed by atoms with Crippen molar-refractivity contribution < 1.29 is 4.79 Å². The lowest BCUT2D eigenvalue weighted by molar-refractivity contribution is -0.123. The summed E-state index contributed by atoms with van der Waals surface area (Å²) in [5.74, 6) is 0.483. The predicted molar refractivity (Wildman–Crippen MR) is 80.3 cm³/mol. The quantitative estimate of drug-likeness (QED) is 0.911. The van der Waals surface area contributed by atoms with Gasteiger partial charge in [-0.05, 0) is 29.4 Å². The van der Waals surface area contributed by atoms with Gasteiger partial charge in [0.25, 0.3) is 0 Å². The van der Waals surface area contributed by atoms with Crippen LogP contribution in [0.1, 0.15) is 31.4 Å². The van der Waals surface area contributed by atoms with Crippen molar-refractivity contribution in [3.05, 3.63) is 35.4 Å². The molecule has 2 aliphatic rings. The fourth-order valence-electron chi connectivity index (χ4n) is 3.12. The monoisotopic (exact) mass is 272 g/mol. The average molecular weight is 272 g/mol. The Morgan fingerprint density at radius 2 is 2.05 bits per heavy atom. The number of nitrogens with one attached hydrogen (secondary N) is 1. The molecular weight excluding hydrogens is 248 g/mol. The predicted octanol–water partition coefficient (Wildman–Crippen LogP) is 2.21. The second-order valence-electron chi connectivity index (χ2n) is 6.83. The van der Waals surface area contributed by atoms with Gasteiger partial charge in [-0.15, -0.1) is 0 Å². The van der Waals surface area contributed by atoms with Crippen molar-refractivity contribution in [2.45, 2.75) is 33.2 Å². The van der Waals surface area contributed by atoms with E-state index in [0.717, 1.165) is 39.0 Å². The Kier molecular flexibility index (Phi) is 3.55. The topological polar surface area (TPSA) is 32.3 Å². The number of benzene rings is 1. The molecule has 1 unspecified atom stereocenters. The highest BCUT2D eigenvalue weighted by Crippen LogP contribution is 2.51. The Balaban J connectivity index is 1.43. The molecule has 1 fully saturated rings. The standard InChI is InChI=1S/C17H24N2O/c1-17(2)11-15(17)16(20)18-8-10-19-9-7-13-5-3-4-6-14(13)12-19/h3-6,15H,7-12H2,1-2H3,(H,18,20). The lowest BCUT2D eigenvalue weighted by Gasteiger charge is -2.28. The normalized spacial score (nSPS) is 24.0. The van der Waals surface area contributed by atoms with E-state index in [2.05, 4.69) is 48.3 Å². The summed E-state index contributed by atoms with van der Waals surface area (Å²) in [5, 5.41) is 3.09. The molecule has 0 radical (unpaired) electrons. The Labute approximate surface area is 121 Å². The number of nitrogens with zero attached hydrogens (tertiary/aromatic N) is 1. The number of fused-ring (bicyclic) bond motifs is 1. The number of amides is 1. The van der Waals surface area contributed by atoms with Gasteiger partial charge in [0.05, 0.1) is 0 Å². The molecule has 20 heavy (non-hydrogen) atoms. The molecular formula is C17H24N2O. The third kappa shape index (κ3) is 2.88. The SMILES string of the molecule is CC1(C)CC1C(=O)NCCN1CCc2ccccc2C1. The van der Waals surface area contributed by atoms with Crippen molar-refractivity contribution in [2.24, 2.45) is 11.3 Å². The van der Waals surface area contributed by atoms with Crippen molar-refractivity contribution in [3.8, 4) is 0 Å². The van der Waals surface area contributed by atoms with E-state index in [0.29, 0.717) is 0 Å². The minimum Gasteiger partial charge on any atom is -0.355 e. The van der Waals surface area contributed by atoms with Crippen LogP contribution in [0.4, 0.5) is 0 Å². The van der Waals surface area contributed by atoms with Gasteiger partial charge in [0, 0.05) is 32.1 Å². The van der Waals surface area contributed by atoms with E-state index in [4.69, 9.17) is 0 Å². The zero-order valence-electron chi connectivity index (χ0n) is 12.5. The number of hydrogen-bond donors (Lipinski definition) is 1. The first-order valence-electron chi connectivity index (χ1n) is 7.63. The Morgan fingerprint density at radius 1 is 1.35 bits per heavy atom. The molecule has 3 heteroatoms. The van der Waals surface area contributed by atoms with Crippen LogP contribution in [0.3, 0.4) is 0 Å². The van der Waals surface area contributed by atoms with Gasteiger partial charge in [-0.1, -0.05) is 38.1 Å². The zero-order chi connectivity index (χ0) is 14.2. The summed E-state index contributed by atoms with van der Waals surface area (Å²) in [6.45, 7) is 8.17. The van der Waals surface area contributed by atoms with Gasteiger partial charge >= 0.3 is 0 Å². The summed E-state index contributed by atoms with van der Waals surface area (Å²) in [6.07, 6.45) is 2.16. The smallest absolute Gasteiger partial charge is 0.223 e. The van der Waals surface area contributed by atoms with Crippen LogP contribution in [0.25, 0.3) is 0 Å². The third-order valence-electron chi connectivity index (χ3n) is 4.77.